The highest BCUT2D eigenvalue weighted by molar-refractivity contribution is 5.96. The quantitative estimate of drug-likeness (QED) is 0.936. The van der Waals surface area contributed by atoms with Crippen LogP contribution in [0.25, 0.3) is 10.9 Å². The van der Waals surface area contributed by atoms with E-state index in [-0.39, 0.29) is 18.4 Å². The second-order valence-electron chi connectivity index (χ2n) is 6.40. The molecular formula is C19H25N3O2. The van der Waals surface area contributed by atoms with Gasteiger partial charge in [0.2, 0.25) is 11.8 Å². The summed E-state index contributed by atoms with van der Waals surface area (Å²) in [7, 11) is 0. The number of nitrogens with one attached hydrogen (secondary N) is 1. The van der Waals surface area contributed by atoms with Crippen molar-refractivity contribution in [2.45, 2.75) is 45.6 Å². The second kappa shape index (κ2) is 7.51. The van der Waals surface area contributed by atoms with Crippen molar-refractivity contribution in [3.05, 3.63) is 30.5 Å². The van der Waals surface area contributed by atoms with E-state index >= 15 is 0 Å². The van der Waals surface area contributed by atoms with Crippen LogP contribution in [-0.4, -0.2) is 34.4 Å². The van der Waals surface area contributed by atoms with Crippen molar-refractivity contribution in [2.75, 3.05) is 18.4 Å². The molecule has 1 saturated heterocycles. The van der Waals surface area contributed by atoms with Gasteiger partial charge in [0, 0.05) is 42.3 Å². The van der Waals surface area contributed by atoms with Gasteiger partial charge in [-0.25, -0.2) is 0 Å². The number of hydrogen-bond donors (Lipinski definition) is 1. The number of likely N-dealkylation sites (tertiary alicyclic amines) is 1. The standard InChI is InChI=1S/C19H25N3O2/c1-2-21-12-10-15-13-16(8-9-17(15)21)20-18(23)14-22-11-6-4-3-5-7-19(22)24/h8-10,12-13H,2-7,11,14H2,1H3,(H,20,23). The summed E-state index contributed by atoms with van der Waals surface area (Å²) < 4.78 is 2.17. The summed E-state index contributed by atoms with van der Waals surface area (Å²) in [6.07, 6.45) is 6.77. The normalized spacial score (nSPS) is 16.0. The molecule has 5 nitrogen and oxygen atoms in total. The molecule has 1 aliphatic rings. The lowest BCUT2D eigenvalue weighted by Crippen LogP contribution is -2.39. The molecule has 0 bridgehead atoms. The molecule has 1 N–H and O–H groups in total. The molecule has 1 aromatic carbocycles. The predicted octanol–water partition coefficient (Wildman–Crippen LogP) is 3.39. The number of benzene rings is 1. The number of nitrogens with zero attached hydrogens (tertiary/aromatic N) is 2. The zero-order valence-corrected chi connectivity index (χ0v) is 14.3. The first-order valence-corrected chi connectivity index (χ1v) is 8.84. The minimum atomic E-state index is -0.127. The van der Waals surface area contributed by atoms with Gasteiger partial charge in [0.25, 0.3) is 0 Å². The molecule has 1 aromatic heterocycles. The number of anilines is 1. The molecule has 0 atom stereocenters. The Morgan fingerprint density at radius 2 is 2.00 bits per heavy atom. The molecule has 128 valence electrons. The minimum Gasteiger partial charge on any atom is -0.348 e. The van der Waals surface area contributed by atoms with Crippen molar-refractivity contribution < 1.29 is 9.59 Å². The van der Waals surface area contributed by atoms with E-state index in [9.17, 15) is 9.59 Å². The van der Waals surface area contributed by atoms with Crippen LogP contribution < -0.4 is 5.32 Å². The van der Waals surface area contributed by atoms with Crippen LogP contribution in [-0.2, 0) is 16.1 Å². The van der Waals surface area contributed by atoms with Crippen LogP contribution >= 0.6 is 0 Å². The molecule has 5 heteroatoms. The number of rotatable bonds is 4. The van der Waals surface area contributed by atoms with Crippen molar-refractivity contribution in [1.82, 2.24) is 9.47 Å². The smallest absolute Gasteiger partial charge is 0.243 e. The first-order valence-electron chi connectivity index (χ1n) is 8.84. The van der Waals surface area contributed by atoms with Gasteiger partial charge in [-0.1, -0.05) is 12.8 Å². The Bertz CT molecular complexity index is 735. The molecule has 0 unspecified atom stereocenters. The van der Waals surface area contributed by atoms with Gasteiger partial charge in [0.05, 0.1) is 6.54 Å². The van der Waals surface area contributed by atoms with Crippen LogP contribution in [0.3, 0.4) is 0 Å². The van der Waals surface area contributed by atoms with Gasteiger partial charge >= 0.3 is 0 Å². The van der Waals surface area contributed by atoms with E-state index in [4.69, 9.17) is 0 Å². The number of aromatic nitrogens is 1. The van der Waals surface area contributed by atoms with Crippen LogP contribution in [0.4, 0.5) is 5.69 Å². The molecule has 0 saturated carbocycles. The molecule has 1 fully saturated rings. The van der Waals surface area contributed by atoms with E-state index in [0.29, 0.717) is 13.0 Å². The fourth-order valence-electron chi connectivity index (χ4n) is 3.31. The number of hydrogen-bond acceptors (Lipinski definition) is 2. The van der Waals surface area contributed by atoms with Gasteiger partial charge in [-0.2, -0.15) is 0 Å². The average Bonchev–Trinajstić information content (AvgIpc) is 2.97. The van der Waals surface area contributed by atoms with Gasteiger partial charge in [-0.15, -0.1) is 0 Å². The minimum absolute atomic E-state index is 0.0975. The topological polar surface area (TPSA) is 54.3 Å². The number of amides is 2. The van der Waals surface area contributed by atoms with Crippen molar-refractivity contribution in [1.29, 1.82) is 0 Å². The summed E-state index contributed by atoms with van der Waals surface area (Å²) >= 11 is 0. The number of aryl methyl sites for hydroxylation is 1. The lowest BCUT2D eigenvalue weighted by Gasteiger charge is -2.24. The molecule has 2 aromatic rings. The van der Waals surface area contributed by atoms with Crippen molar-refractivity contribution >= 4 is 28.4 Å². The van der Waals surface area contributed by atoms with Crippen LogP contribution in [0.2, 0.25) is 0 Å². The second-order valence-corrected chi connectivity index (χ2v) is 6.40. The van der Waals surface area contributed by atoms with E-state index in [1.54, 1.807) is 4.90 Å². The van der Waals surface area contributed by atoms with E-state index in [1.165, 1.54) is 0 Å². The summed E-state index contributed by atoms with van der Waals surface area (Å²) in [4.78, 5) is 26.1. The molecule has 24 heavy (non-hydrogen) atoms. The van der Waals surface area contributed by atoms with Gasteiger partial charge in [0.1, 0.15) is 0 Å². The summed E-state index contributed by atoms with van der Waals surface area (Å²) in [6, 6.07) is 7.97. The highest BCUT2D eigenvalue weighted by Crippen LogP contribution is 2.20. The van der Waals surface area contributed by atoms with E-state index in [2.05, 4.69) is 29.1 Å². The fraction of sp³-hybridized carbons (Fsp3) is 0.474. The third kappa shape index (κ3) is 3.78. The zero-order chi connectivity index (χ0) is 16.9. The summed E-state index contributed by atoms with van der Waals surface area (Å²) in [5.74, 6) is -0.0291. The van der Waals surface area contributed by atoms with Gasteiger partial charge in [-0.05, 0) is 44.0 Å². The van der Waals surface area contributed by atoms with Crippen molar-refractivity contribution in [3.63, 3.8) is 0 Å². The maximum atomic E-state index is 12.3. The summed E-state index contributed by atoms with van der Waals surface area (Å²) in [5.41, 5.74) is 1.94. The zero-order valence-electron chi connectivity index (χ0n) is 14.3. The maximum Gasteiger partial charge on any atom is 0.243 e. The van der Waals surface area contributed by atoms with Crippen LogP contribution in [0.5, 0.6) is 0 Å². The third-order valence-electron chi connectivity index (χ3n) is 4.65. The lowest BCUT2D eigenvalue weighted by atomic mass is 10.1. The van der Waals surface area contributed by atoms with Crippen LogP contribution in [0.1, 0.15) is 39.0 Å². The molecule has 3 rings (SSSR count). The maximum absolute atomic E-state index is 12.3. The lowest BCUT2D eigenvalue weighted by molar-refractivity contribution is -0.135. The largest absolute Gasteiger partial charge is 0.348 e. The molecule has 0 radical (unpaired) electrons. The van der Waals surface area contributed by atoms with Crippen molar-refractivity contribution in [3.8, 4) is 0 Å². The summed E-state index contributed by atoms with van der Waals surface area (Å²) in [6.45, 7) is 3.86. The highest BCUT2D eigenvalue weighted by atomic mass is 16.2. The van der Waals surface area contributed by atoms with Crippen LogP contribution in [0.15, 0.2) is 30.5 Å². The van der Waals surface area contributed by atoms with Crippen LogP contribution in [0, 0.1) is 0 Å². The van der Waals surface area contributed by atoms with Gasteiger partial charge in [-0.3, -0.25) is 9.59 Å². The first-order chi connectivity index (χ1) is 11.7. The van der Waals surface area contributed by atoms with Gasteiger partial charge < -0.3 is 14.8 Å². The SMILES string of the molecule is CCn1ccc2cc(NC(=O)CN3CCCCCCC3=O)ccc21. The van der Waals surface area contributed by atoms with E-state index < -0.39 is 0 Å². The third-order valence-corrected chi connectivity index (χ3v) is 4.65. The van der Waals surface area contributed by atoms with E-state index in [0.717, 1.165) is 48.8 Å². The molecular weight excluding hydrogens is 302 g/mol. The molecule has 0 aliphatic carbocycles. The number of carbonyl (C=O) groups is 2. The number of fused-ring (bicyclic) bond motifs is 1. The summed E-state index contributed by atoms with van der Waals surface area (Å²) in [5, 5.41) is 4.03. The van der Waals surface area contributed by atoms with Gasteiger partial charge in [0.15, 0.2) is 0 Å². The monoisotopic (exact) mass is 327 g/mol. The highest BCUT2D eigenvalue weighted by Gasteiger charge is 2.18. The Balaban J connectivity index is 1.64. The molecule has 1 aliphatic heterocycles. The Morgan fingerprint density at radius 3 is 2.83 bits per heavy atom. The van der Waals surface area contributed by atoms with E-state index in [1.807, 2.05) is 18.2 Å². The predicted molar refractivity (Wildman–Crippen MR) is 95.9 cm³/mol. The molecule has 2 heterocycles. The number of carbonyl (C=O) groups excluding carboxylic acids is 2. The van der Waals surface area contributed by atoms with Crippen molar-refractivity contribution in [2.24, 2.45) is 0 Å². The first kappa shape index (κ1) is 16.6. The Kier molecular flexibility index (Phi) is 5.18. The Morgan fingerprint density at radius 1 is 1.17 bits per heavy atom. The fourth-order valence-corrected chi connectivity index (χ4v) is 3.31. The Labute approximate surface area is 142 Å². The molecule has 0 spiro atoms. The molecule has 2 amide bonds. The average molecular weight is 327 g/mol. The Hall–Kier alpha value is -2.30.